The van der Waals surface area contributed by atoms with Crippen LogP contribution in [0.3, 0.4) is 0 Å². The first-order valence-corrected chi connectivity index (χ1v) is 9.97. The van der Waals surface area contributed by atoms with E-state index in [1.807, 2.05) is 24.0 Å². The number of nitrogens with one attached hydrogen (secondary N) is 1. The van der Waals surface area contributed by atoms with Gasteiger partial charge in [-0.3, -0.25) is 9.59 Å². The Bertz CT molecular complexity index is 885. The Labute approximate surface area is 157 Å². The number of benzene rings is 1. The second kappa shape index (κ2) is 6.50. The molecule has 26 heavy (non-hydrogen) atoms. The molecule has 0 radical (unpaired) electrons. The number of aromatic nitrogens is 1. The third-order valence-corrected chi connectivity index (χ3v) is 6.30. The van der Waals surface area contributed by atoms with Crippen LogP contribution in [0.25, 0.3) is 11.3 Å². The standard InChI is InChI=1S/C20H23N3O2S/c1-11-9-16-10-15(7-8-17(16)23(11)13(3)24)18-12(2)26-20(21-18)22-19(25)14-5-4-6-14/h7-8,10-11,14H,4-6,9H2,1-3H3,(H,21,22,25)/t11-/m1/s1. The van der Waals surface area contributed by atoms with Crippen LogP contribution in [-0.4, -0.2) is 22.8 Å². The molecule has 1 aliphatic heterocycles. The third-order valence-electron chi connectivity index (χ3n) is 5.41. The fourth-order valence-electron chi connectivity index (χ4n) is 3.85. The molecule has 2 amide bonds. The second-order valence-electron chi connectivity index (χ2n) is 7.33. The highest BCUT2D eigenvalue weighted by Crippen LogP contribution is 2.38. The molecule has 0 unspecified atom stereocenters. The van der Waals surface area contributed by atoms with Gasteiger partial charge in [-0.15, -0.1) is 11.3 Å². The van der Waals surface area contributed by atoms with Gasteiger partial charge >= 0.3 is 0 Å². The summed E-state index contributed by atoms with van der Waals surface area (Å²) >= 11 is 1.52. The molecule has 6 heteroatoms. The predicted molar refractivity (Wildman–Crippen MR) is 105 cm³/mol. The molecule has 5 nitrogen and oxygen atoms in total. The lowest BCUT2D eigenvalue weighted by Crippen LogP contribution is -2.33. The van der Waals surface area contributed by atoms with Crippen molar-refractivity contribution < 1.29 is 9.59 Å². The molecule has 2 aliphatic rings. The molecule has 4 rings (SSSR count). The number of aryl methyl sites for hydroxylation is 1. The largest absolute Gasteiger partial charge is 0.309 e. The van der Waals surface area contributed by atoms with Crippen molar-refractivity contribution in [1.29, 1.82) is 0 Å². The van der Waals surface area contributed by atoms with Gasteiger partial charge in [0, 0.05) is 35.0 Å². The van der Waals surface area contributed by atoms with Gasteiger partial charge in [-0.05, 0) is 50.8 Å². The number of carbonyl (C=O) groups is 2. The Morgan fingerprint density at radius 2 is 2.08 bits per heavy atom. The fraction of sp³-hybridized carbons (Fsp3) is 0.450. The molecule has 0 spiro atoms. The van der Waals surface area contributed by atoms with Gasteiger partial charge in [0.1, 0.15) is 0 Å². The van der Waals surface area contributed by atoms with Crippen molar-refractivity contribution in [1.82, 2.24) is 4.98 Å². The quantitative estimate of drug-likeness (QED) is 0.884. The second-order valence-corrected chi connectivity index (χ2v) is 8.53. The van der Waals surface area contributed by atoms with Crippen LogP contribution in [0, 0.1) is 12.8 Å². The summed E-state index contributed by atoms with van der Waals surface area (Å²) in [6, 6.07) is 6.36. The summed E-state index contributed by atoms with van der Waals surface area (Å²) in [7, 11) is 0. The van der Waals surface area contributed by atoms with Gasteiger partial charge in [0.25, 0.3) is 0 Å². The van der Waals surface area contributed by atoms with Crippen LogP contribution >= 0.6 is 11.3 Å². The first kappa shape index (κ1) is 17.2. The van der Waals surface area contributed by atoms with Gasteiger partial charge in [0.15, 0.2) is 5.13 Å². The van der Waals surface area contributed by atoms with Gasteiger partial charge in [0.2, 0.25) is 11.8 Å². The molecule has 1 aromatic heterocycles. The summed E-state index contributed by atoms with van der Waals surface area (Å²) in [5.41, 5.74) is 4.13. The summed E-state index contributed by atoms with van der Waals surface area (Å²) in [6.07, 6.45) is 3.97. The van der Waals surface area contributed by atoms with Crippen molar-refractivity contribution in [3.05, 3.63) is 28.6 Å². The minimum absolute atomic E-state index is 0.0785. The van der Waals surface area contributed by atoms with E-state index in [1.54, 1.807) is 6.92 Å². The molecule has 1 aromatic carbocycles. The van der Waals surface area contributed by atoms with E-state index in [4.69, 9.17) is 0 Å². The average molecular weight is 369 g/mol. The monoisotopic (exact) mass is 369 g/mol. The summed E-state index contributed by atoms with van der Waals surface area (Å²) in [6.45, 7) is 5.72. The Balaban J connectivity index is 1.60. The first-order chi connectivity index (χ1) is 12.4. The van der Waals surface area contributed by atoms with Crippen LogP contribution in [0.2, 0.25) is 0 Å². The summed E-state index contributed by atoms with van der Waals surface area (Å²) in [5.74, 6) is 0.327. The van der Waals surface area contributed by atoms with E-state index in [1.165, 1.54) is 16.9 Å². The van der Waals surface area contributed by atoms with Crippen LogP contribution in [-0.2, 0) is 16.0 Å². The molecule has 1 atom stereocenters. The first-order valence-electron chi connectivity index (χ1n) is 9.15. The molecular formula is C20H23N3O2S. The lowest BCUT2D eigenvalue weighted by molar-refractivity contribution is -0.122. The van der Waals surface area contributed by atoms with E-state index in [0.29, 0.717) is 5.13 Å². The van der Waals surface area contributed by atoms with Crippen molar-refractivity contribution >= 4 is 34.0 Å². The molecule has 2 aromatic rings. The lowest BCUT2D eigenvalue weighted by Gasteiger charge is -2.23. The minimum atomic E-state index is 0.0785. The molecule has 1 fully saturated rings. The number of hydrogen-bond acceptors (Lipinski definition) is 4. The summed E-state index contributed by atoms with van der Waals surface area (Å²) < 4.78 is 0. The average Bonchev–Trinajstić information content (AvgIpc) is 3.03. The molecule has 2 heterocycles. The smallest absolute Gasteiger partial charge is 0.229 e. The molecule has 1 saturated carbocycles. The Morgan fingerprint density at radius 1 is 1.31 bits per heavy atom. The van der Waals surface area contributed by atoms with Crippen LogP contribution in [0.15, 0.2) is 18.2 Å². The van der Waals surface area contributed by atoms with E-state index in [9.17, 15) is 9.59 Å². The number of thiazole rings is 1. The molecule has 1 N–H and O–H groups in total. The molecule has 0 saturated heterocycles. The van der Waals surface area contributed by atoms with Gasteiger partial charge < -0.3 is 10.2 Å². The number of amides is 2. The van der Waals surface area contributed by atoms with Crippen LogP contribution in [0.1, 0.15) is 43.6 Å². The van der Waals surface area contributed by atoms with Crippen LogP contribution in [0.4, 0.5) is 10.8 Å². The summed E-state index contributed by atoms with van der Waals surface area (Å²) in [4.78, 5) is 31.7. The van der Waals surface area contributed by atoms with E-state index in [2.05, 4.69) is 23.3 Å². The highest BCUT2D eigenvalue weighted by Gasteiger charge is 2.29. The number of nitrogens with zero attached hydrogens (tertiary/aromatic N) is 2. The topological polar surface area (TPSA) is 62.3 Å². The van der Waals surface area contributed by atoms with Gasteiger partial charge in [-0.25, -0.2) is 4.98 Å². The number of anilines is 2. The van der Waals surface area contributed by atoms with E-state index in [0.717, 1.165) is 47.5 Å². The highest BCUT2D eigenvalue weighted by atomic mass is 32.1. The molecule has 136 valence electrons. The zero-order valence-corrected chi connectivity index (χ0v) is 16.2. The summed E-state index contributed by atoms with van der Waals surface area (Å²) in [5, 5.41) is 3.65. The van der Waals surface area contributed by atoms with Gasteiger partial charge in [-0.2, -0.15) is 0 Å². The minimum Gasteiger partial charge on any atom is -0.309 e. The van der Waals surface area contributed by atoms with Crippen molar-refractivity contribution in [2.45, 2.75) is 52.5 Å². The predicted octanol–water partition coefficient (Wildman–Crippen LogP) is 4.15. The van der Waals surface area contributed by atoms with Gasteiger partial charge in [-0.1, -0.05) is 12.5 Å². The molecule has 0 bridgehead atoms. The SMILES string of the molecule is CC(=O)N1c2ccc(-c3nc(NC(=O)C4CCC4)sc3C)cc2C[C@H]1C. The normalized spacial score (nSPS) is 19.2. The maximum atomic E-state index is 12.2. The maximum absolute atomic E-state index is 12.2. The van der Waals surface area contributed by atoms with E-state index < -0.39 is 0 Å². The number of rotatable bonds is 3. The zero-order valence-electron chi connectivity index (χ0n) is 15.3. The highest BCUT2D eigenvalue weighted by molar-refractivity contribution is 7.16. The fourth-order valence-corrected chi connectivity index (χ4v) is 4.69. The third kappa shape index (κ3) is 2.92. The van der Waals surface area contributed by atoms with E-state index >= 15 is 0 Å². The van der Waals surface area contributed by atoms with Crippen LogP contribution in [0.5, 0.6) is 0 Å². The number of fused-ring (bicyclic) bond motifs is 1. The lowest BCUT2D eigenvalue weighted by atomic mass is 9.85. The van der Waals surface area contributed by atoms with Crippen molar-refractivity contribution in [3.63, 3.8) is 0 Å². The van der Waals surface area contributed by atoms with Crippen molar-refractivity contribution in [3.8, 4) is 11.3 Å². The Morgan fingerprint density at radius 3 is 2.73 bits per heavy atom. The number of carbonyl (C=O) groups excluding carboxylic acids is 2. The van der Waals surface area contributed by atoms with Crippen molar-refractivity contribution in [2.75, 3.05) is 10.2 Å². The maximum Gasteiger partial charge on any atom is 0.229 e. The number of hydrogen-bond donors (Lipinski definition) is 1. The zero-order chi connectivity index (χ0) is 18.4. The molecule has 1 aliphatic carbocycles. The Kier molecular flexibility index (Phi) is 4.31. The van der Waals surface area contributed by atoms with Crippen LogP contribution < -0.4 is 10.2 Å². The molecular weight excluding hydrogens is 346 g/mol. The Hall–Kier alpha value is -2.21. The van der Waals surface area contributed by atoms with E-state index in [-0.39, 0.29) is 23.8 Å². The van der Waals surface area contributed by atoms with Gasteiger partial charge in [0.05, 0.1) is 5.69 Å². The van der Waals surface area contributed by atoms with Crippen molar-refractivity contribution in [2.24, 2.45) is 5.92 Å².